The Morgan fingerprint density at radius 1 is 1.37 bits per heavy atom. The van der Waals surface area contributed by atoms with Crippen LogP contribution in [0.2, 0.25) is 5.02 Å². The summed E-state index contributed by atoms with van der Waals surface area (Å²) in [5, 5.41) is 11.2. The first-order valence-corrected chi connectivity index (χ1v) is 5.99. The Morgan fingerprint density at radius 2 is 2.05 bits per heavy atom. The summed E-state index contributed by atoms with van der Waals surface area (Å²) in [7, 11) is 0. The summed E-state index contributed by atoms with van der Waals surface area (Å²) in [5.41, 5.74) is 0.332. The van der Waals surface area contributed by atoms with Crippen LogP contribution in [0.1, 0.15) is 12.8 Å². The number of carbonyl (C=O) groups excluding carboxylic acids is 1. The molecule has 0 aliphatic carbocycles. The van der Waals surface area contributed by atoms with Crippen molar-refractivity contribution in [1.29, 1.82) is 0 Å². The first kappa shape index (κ1) is 13.8. The number of carboxylic acids is 1. The molecule has 1 amide bonds. The van der Waals surface area contributed by atoms with Crippen LogP contribution in [0.5, 0.6) is 0 Å². The molecule has 2 rings (SSSR count). The molecule has 2 N–H and O–H groups in total. The number of amides is 1. The van der Waals surface area contributed by atoms with Gasteiger partial charge >= 0.3 is 5.97 Å². The molecule has 5 nitrogen and oxygen atoms in total. The van der Waals surface area contributed by atoms with Crippen molar-refractivity contribution < 1.29 is 23.8 Å². The van der Waals surface area contributed by atoms with E-state index in [0.717, 1.165) is 6.07 Å². The first-order valence-electron chi connectivity index (χ1n) is 5.61. The fourth-order valence-corrected chi connectivity index (χ4v) is 1.99. The minimum absolute atomic E-state index is 0.103. The fourth-order valence-electron chi connectivity index (χ4n) is 1.81. The highest BCUT2D eigenvalue weighted by atomic mass is 35.5. The molecule has 1 aromatic carbocycles. The third-order valence-electron chi connectivity index (χ3n) is 2.77. The lowest BCUT2D eigenvalue weighted by Crippen LogP contribution is -2.29. The summed E-state index contributed by atoms with van der Waals surface area (Å²) < 4.78 is 18.0. The quantitative estimate of drug-likeness (QED) is 0.892. The molecule has 2 atom stereocenters. The predicted octanol–water partition coefficient (Wildman–Crippen LogP) is 2.05. The van der Waals surface area contributed by atoms with Crippen molar-refractivity contribution >= 4 is 29.2 Å². The summed E-state index contributed by atoms with van der Waals surface area (Å²) >= 11 is 5.59. The van der Waals surface area contributed by atoms with Crippen molar-refractivity contribution in [2.45, 2.75) is 25.0 Å². The molecule has 1 saturated heterocycles. The van der Waals surface area contributed by atoms with Gasteiger partial charge in [-0.05, 0) is 31.0 Å². The second-order valence-electron chi connectivity index (χ2n) is 4.15. The number of nitrogens with one attached hydrogen (secondary N) is 1. The normalized spacial score (nSPS) is 22.2. The highest BCUT2D eigenvalue weighted by Gasteiger charge is 2.34. The van der Waals surface area contributed by atoms with Crippen molar-refractivity contribution in [3.8, 4) is 0 Å². The second kappa shape index (κ2) is 5.54. The summed E-state index contributed by atoms with van der Waals surface area (Å²) in [6, 6.07) is 3.77. The maximum Gasteiger partial charge on any atom is 0.332 e. The number of carboxylic acid groups (broad SMARTS) is 1. The maximum atomic E-state index is 12.9. The van der Waals surface area contributed by atoms with Crippen LogP contribution in [-0.4, -0.2) is 29.2 Å². The molecule has 0 radical (unpaired) electrons. The van der Waals surface area contributed by atoms with E-state index < -0.39 is 29.9 Å². The second-order valence-corrected chi connectivity index (χ2v) is 4.55. The average Bonchev–Trinajstić information content (AvgIpc) is 2.83. The van der Waals surface area contributed by atoms with Gasteiger partial charge in [0.05, 0.1) is 5.02 Å². The number of aliphatic carboxylic acids is 1. The van der Waals surface area contributed by atoms with E-state index in [2.05, 4.69) is 5.32 Å². The lowest BCUT2D eigenvalue weighted by Gasteiger charge is -2.12. The topological polar surface area (TPSA) is 75.6 Å². The molecule has 1 fully saturated rings. The number of anilines is 1. The van der Waals surface area contributed by atoms with Crippen LogP contribution in [0.4, 0.5) is 10.1 Å². The van der Waals surface area contributed by atoms with Crippen LogP contribution in [0, 0.1) is 5.82 Å². The van der Waals surface area contributed by atoms with Crippen LogP contribution in [0.15, 0.2) is 18.2 Å². The van der Waals surface area contributed by atoms with Gasteiger partial charge in [0.15, 0.2) is 6.10 Å². The monoisotopic (exact) mass is 287 g/mol. The summed E-state index contributed by atoms with van der Waals surface area (Å²) in [4.78, 5) is 22.5. The SMILES string of the molecule is O=C(O)C1CCC(C(=O)Nc2ccc(F)c(Cl)c2)O1. The Morgan fingerprint density at radius 3 is 2.63 bits per heavy atom. The lowest BCUT2D eigenvalue weighted by atomic mass is 10.2. The van der Waals surface area contributed by atoms with Gasteiger partial charge in [-0.3, -0.25) is 4.79 Å². The molecular weight excluding hydrogens is 277 g/mol. The van der Waals surface area contributed by atoms with Crippen LogP contribution in [0.25, 0.3) is 0 Å². The molecular formula is C12H11ClFNO4. The van der Waals surface area contributed by atoms with E-state index in [4.69, 9.17) is 21.4 Å². The molecule has 2 unspecified atom stereocenters. The van der Waals surface area contributed by atoms with Crippen LogP contribution >= 0.6 is 11.6 Å². The van der Waals surface area contributed by atoms with Crippen molar-refractivity contribution in [2.75, 3.05) is 5.32 Å². The summed E-state index contributed by atoms with van der Waals surface area (Å²) in [5.74, 6) is -2.13. The molecule has 1 aliphatic heterocycles. The Labute approximate surface area is 113 Å². The Balaban J connectivity index is 1.98. The number of hydrogen-bond donors (Lipinski definition) is 2. The largest absolute Gasteiger partial charge is 0.479 e. The smallest absolute Gasteiger partial charge is 0.332 e. The predicted molar refractivity (Wildman–Crippen MR) is 65.6 cm³/mol. The number of benzene rings is 1. The first-order chi connectivity index (χ1) is 8.97. The van der Waals surface area contributed by atoms with E-state index in [1.165, 1.54) is 12.1 Å². The molecule has 0 saturated carbocycles. The highest BCUT2D eigenvalue weighted by molar-refractivity contribution is 6.31. The van der Waals surface area contributed by atoms with Gasteiger partial charge in [0.25, 0.3) is 5.91 Å². The van der Waals surface area contributed by atoms with Gasteiger partial charge in [-0.25, -0.2) is 9.18 Å². The maximum absolute atomic E-state index is 12.9. The molecule has 102 valence electrons. The number of carbonyl (C=O) groups is 2. The minimum Gasteiger partial charge on any atom is -0.479 e. The molecule has 1 heterocycles. The van der Waals surface area contributed by atoms with Gasteiger partial charge in [-0.15, -0.1) is 0 Å². The van der Waals surface area contributed by atoms with E-state index in [-0.39, 0.29) is 11.4 Å². The van der Waals surface area contributed by atoms with Crippen LogP contribution in [-0.2, 0) is 14.3 Å². The molecule has 1 aromatic rings. The minimum atomic E-state index is -1.08. The van der Waals surface area contributed by atoms with Gasteiger partial charge in [0.2, 0.25) is 0 Å². The van der Waals surface area contributed by atoms with E-state index in [1.807, 2.05) is 0 Å². The van der Waals surface area contributed by atoms with Crippen molar-refractivity contribution in [3.05, 3.63) is 29.0 Å². The molecule has 19 heavy (non-hydrogen) atoms. The van der Waals surface area contributed by atoms with E-state index in [1.54, 1.807) is 0 Å². The van der Waals surface area contributed by atoms with Crippen LogP contribution < -0.4 is 5.32 Å². The molecule has 1 aliphatic rings. The fraction of sp³-hybridized carbons (Fsp3) is 0.333. The molecule has 0 bridgehead atoms. The van der Waals surface area contributed by atoms with Gasteiger partial charge in [0.1, 0.15) is 11.9 Å². The third kappa shape index (κ3) is 3.21. The standard InChI is InChI=1S/C12H11ClFNO4/c13-7-5-6(1-2-8(7)14)15-11(16)9-3-4-10(19-9)12(17)18/h1-2,5,9-10H,3-4H2,(H,15,16)(H,17,18). The molecule has 7 heteroatoms. The van der Waals surface area contributed by atoms with Gasteiger partial charge in [0, 0.05) is 5.69 Å². The zero-order valence-electron chi connectivity index (χ0n) is 9.73. The number of rotatable bonds is 3. The van der Waals surface area contributed by atoms with Crippen molar-refractivity contribution in [2.24, 2.45) is 0 Å². The molecule has 0 spiro atoms. The average molecular weight is 288 g/mol. The van der Waals surface area contributed by atoms with Gasteiger partial charge in [-0.1, -0.05) is 11.6 Å². The summed E-state index contributed by atoms with van der Waals surface area (Å²) in [6.07, 6.45) is -1.15. The van der Waals surface area contributed by atoms with Gasteiger partial charge < -0.3 is 15.2 Å². The Kier molecular flexibility index (Phi) is 4.01. The van der Waals surface area contributed by atoms with Crippen molar-refractivity contribution in [3.63, 3.8) is 0 Å². The number of ether oxygens (including phenoxy) is 1. The zero-order valence-corrected chi connectivity index (χ0v) is 10.5. The Bertz CT molecular complexity index is 522. The zero-order chi connectivity index (χ0) is 14.0. The summed E-state index contributed by atoms with van der Waals surface area (Å²) in [6.45, 7) is 0. The van der Waals surface area contributed by atoms with Crippen molar-refractivity contribution in [1.82, 2.24) is 0 Å². The van der Waals surface area contributed by atoms with E-state index in [0.29, 0.717) is 12.1 Å². The lowest BCUT2D eigenvalue weighted by molar-refractivity contribution is -0.150. The third-order valence-corrected chi connectivity index (χ3v) is 3.06. The number of halogens is 2. The van der Waals surface area contributed by atoms with E-state index in [9.17, 15) is 14.0 Å². The number of hydrogen-bond acceptors (Lipinski definition) is 3. The Hall–Kier alpha value is -1.66. The van der Waals surface area contributed by atoms with E-state index >= 15 is 0 Å². The highest BCUT2D eigenvalue weighted by Crippen LogP contribution is 2.23. The van der Waals surface area contributed by atoms with Gasteiger partial charge in [-0.2, -0.15) is 0 Å². The van der Waals surface area contributed by atoms with Crippen LogP contribution in [0.3, 0.4) is 0 Å². The molecule has 0 aromatic heterocycles.